The molecular weight excluding hydrogens is 473 g/mol. The zero-order valence-electron chi connectivity index (χ0n) is 19.4. The summed E-state index contributed by atoms with van der Waals surface area (Å²) in [5.74, 6) is -0.567. The zero-order chi connectivity index (χ0) is 25.3. The molecule has 35 heavy (non-hydrogen) atoms. The number of nitriles is 1. The number of allylic oxidation sites excluding steroid dienone is 1. The first kappa shape index (κ1) is 24.2. The summed E-state index contributed by atoms with van der Waals surface area (Å²) in [5.41, 5.74) is 7.18. The summed E-state index contributed by atoms with van der Waals surface area (Å²) in [7, 11) is 3.12. The van der Waals surface area contributed by atoms with Crippen molar-refractivity contribution in [1.29, 1.82) is 5.26 Å². The largest absolute Gasteiger partial charge is 0.493 e. The van der Waals surface area contributed by atoms with Gasteiger partial charge in [0.25, 0.3) is 5.56 Å². The van der Waals surface area contributed by atoms with Crippen molar-refractivity contribution in [2.45, 2.75) is 25.8 Å². The molecule has 0 amide bonds. The van der Waals surface area contributed by atoms with Crippen molar-refractivity contribution in [3.63, 3.8) is 0 Å². The monoisotopic (exact) mass is 495 g/mol. The Hall–Kier alpha value is -3.96. The molecule has 0 radical (unpaired) electrons. The van der Waals surface area contributed by atoms with Crippen molar-refractivity contribution < 1.29 is 18.6 Å². The lowest BCUT2D eigenvalue weighted by Crippen LogP contribution is -2.33. The number of methoxy groups -OCH3 is 2. The predicted molar refractivity (Wildman–Crippen MR) is 129 cm³/mol. The lowest BCUT2D eigenvalue weighted by Gasteiger charge is -2.28. The van der Waals surface area contributed by atoms with Gasteiger partial charge in [-0.25, -0.2) is 4.39 Å². The number of halogens is 2. The van der Waals surface area contributed by atoms with E-state index in [0.717, 1.165) is 5.56 Å². The van der Waals surface area contributed by atoms with Crippen LogP contribution >= 0.6 is 11.6 Å². The van der Waals surface area contributed by atoms with E-state index in [2.05, 4.69) is 0 Å². The number of ether oxygens (including phenoxy) is 3. The number of fused-ring (bicyclic) bond motifs is 1. The number of benzene rings is 2. The highest BCUT2D eigenvalue weighted by molar-refractivity contribution is 6.31. The molecule has 1 unspecified atom stereocenters. The van der Waals surface area contributed by atoms with E-state index in [0.29, 0.717) is 30.2 Å². The molecule has 2 N–H and O–H groups in total. The summed E-state index contributed by atoms with van der Waals surface area (Å²) in [6.45, 7) is 2.09. The molecule has 7 nitrogen and oxygen atoms in total. The summed E-state index contributed by atoms with van der Waals surface area (Å²) in [4.78, 5) is 13.8. The second kappa shape index (κ2) is 9.72. The molecule has 1 aliphatic heterocycles. The van der Waals surface area contributed by atoms with Crippen LogP contribution in [0.2, 0.25) is 5.02 Å². The van der Waals surface area contributed by atoms with Crippen LogP contribution in [-0.4, -0.2) is 18.8 Å². The Morgan fingerprint density at radius 2 is 1.91 bits per heavy atom. The highest BCUT2D eigenvalue weighted by Crippen LogP contribution is 2.43. The van der Waals surface area contributed by atoms with Crippen LogP contribution in [0.15, 0.2) is 58.7 Å². The maximum atomic E-state index is 15.0. The normalized spacial score (nSPS) is 14.7. The number of rotatable bonds is 6. The van der Waals surface area contributed by atoms with Crippen LogP contribution in [0, 0.1) is 24.1 Å². The number of hydrogen-bond acceptors (Lipinski definition) is 6. The molecule has 0 fully saturated rings. The molecule has 4 rings (SSSR count). The van der Waals surface area contributed by atoms with Crippen LogP contribution in [-0.2, 0) is 13.0 Å². The first-order valence-corrected chi connectivity index (χ1v) is 11.1. The molecular formula is C26H23ClFN3O4. The van der Waals surface area contributed by atoms with Crippen LogP contribution in [0.4, 0.5) is 4.39 Å². The molecule has 0 saturated heterocycles. The number of nitrogens with two attached hydrogens (primary N) is 1. The fourth-order valence-electron chi connectivity index (χ4n) is 4.32. The minimum atomic E-state index is -1.10. The molecule has 9 heteroatoms. The van der Waals surface area contributed by atoms with E-state index >= 15 is 0 Å². The third-order valence-corrected chi connectivity index (χ3v) is 6.38. The molecule has 180 valence electrons. The highest BCUT2D eigenvalue weighted by Gasteiger charge is 2.37. The van der Waals surface area contributed by atoms with Crippen LogP contribution in [0.3, 0.4) is 0 Å². The van der Waals surface area contributed by atoms with Crippen LogP contribution in [0.25, 0.3) is 0 Å². The van der Waals surface area contributed by atoms with E-state index in [9.17, 15) is 14.4 Å². The molecule has 2 heterocycles. The molecule has 1 atom stereocenters. The second-order valence-electron chi connectivity index (χ2n) is 8.02. The van der Waals surface area contributed by atoms with E-state index in [1.54, 1.807) is 37.8 Å². The van der Waals surface area contributed by atoms with Gasteiger partial charge >= 0.3 is 0 Å². The maximum Gasteiger partial charge on any atom is 0.258 e. The van der Waals surface area contributed by atoms with E-state index in [1.165, 1.54) is 18.2 Å². The topological polar surface area (TPSA) is 99.5 Å². The number of nitrogens with zero attached hydrogens (tertiary/aromatic N) is 2. The van der Waals surface area contributed by atoms with Crippen molar-refractivity contribution in [1.82, 2.24) is 4.57 Å². The molecule has 0 bridgehead atoms. The van der Waals surface area contributed by atoms with Gasteiger partial charge in [-0.15, -0.1) is 0 Å². The molecule has 2 aromatic carbocycles. The Morgan fingerprint density at radius 3 is 2.57 bits per heavy atom. The average Bonchev–Trinajstić information content (AvgIpc) is 2.83. The number of aryl methyl sites for hydroxylation is 2. The van der Waals surface area contributed by atoms with Crippen molar-refractivity contribution >= 4 is 11.6 Å². The van der Waals surface area contributed by atoms with Crippen molar-refractivity contribution in [2.24, 2.45) is 5.73 Å². The number of hydrogen-bond donors (Lipinski definition) is 1. The minimum absolute atomic E-state index is 0.00519. The summed E-state index contributed by atoms with van der Waals surface area (Å²) in [5, 5.41) is 9.88. The van der Waals surface area contributed by atoms with Gasteiger partial charge in [-0.1, -0.05) is 23.7 Å². The van der Waals surface area contributed by atoms with Gasteiger partial charge < -0.3 is 24.5 Å². The third-order valence-electron chi connectivity index (χ3n) is 6.05. The maximum absolute atomic E-state index is 15.0. The highest BCUT2D eigenvalue weighted by atomic mass is 35.5. The van der Waals surface area contributed by atoms with Gasteiger partial charge in [-0.3, -0.25) is 4.79 Å². The minimum Gasteiger partial charge on any atom is -0.493 e. The van der Waals surface area contributed by atoms with E-state index in [1.807, 2.05) is 18.2 Å². The van der Waals surface area contributed by atoms with Gasteiger partial charge in [0.2, 0.25) is 5.88 Å². The summed E-state index contributed by atoms with van der Waals surface area (Å²) in [6.07, 6.45) is 0.509. The first-order chi connectivity index (χ1) is 16.8. The van der Waals surface area contributed by atoms with Crippen LogP contribution < -0.4 is 25.5 Å². The molecule has 0 saturated carbocycles. The fraction of sp³-hybridized carbons (Fsp3) is 0.231. The quantitative estimate of drug-likeness (QED) is 0.543. The summed E-state index contributed by atoms with van der Waals surface area (Å²) < 4.78 is 32.8. The van der Waals surface area contributed by atoms with Crippen molar-refractivity contribution in [3.8, 4) is 23.3 Å². The van der Waals surface area contributed by atoms with E-state index < -0.39 is 17.3 Å². The molecule has 0 spiro atoms. The average molecular weight is 496 g/mol. The zero-order valence-corrected chi connectivity index (χ0v) is 20.1. The molecule has 0 aliphatic carbocycles. The molecule has 1 aromatic heterocycles. The lowest BCUT2D eigenvalue weighted by atomic mass is 9.83. The van der Waals surface area contributed by atoms with Gasteiger partial charge in [0.1, 0.15) is 23.2 Å². The summed E-state index contributed by atoms with van der Waals surface area (Å²) >= 11 is 6.33. The molecule has 3 aromatic rings. The van der Waals surface area contributed by atoms with Crippen molar-refractivity contribution in [3.05, 3.63) is 97.5 Å². The lowest BCUT2D eigenvalue weighted by molar-refractivity contribution is 0.354. The number of pyridine rings is 1. The van der Waals surface area contributed by atoms with Crippen molar-refractivity contribution in [2.75, 3.05) is 14.2 Å². The summed E-state index contributed by atoms with van der Waals surface area (Å²) in [6, 6.07) is 13.4. The third kappa shape index (κ3) is 4.31. The van der Waals surface area contributed by atoms with Gasteiger partial charge in [-0.2, -0.15) is 5.26 Å². The Morgan fingerprint density at radius 1 is 1.17 bits per heavy atom. The van der Waals surface area contributed by atoms with E-state index in [-0.39, 0.29) is 33.4 Å². The van der Waals surface area contributed by atoms with Gasteiger partial charge in [0, 0.05) is 28.9 Å². The Labute approximate surface area is 206 Å². The van der Waals surface area contributed by atoms with Gasteiger partial charge in [0.15, 0.2) is 11.5 Å². The van der Waals surface area contributed by atoms with E-state index in [4.69, 9.17) is 31.5 Å². The predicted octanol–water partition coefficient (Wildman–Crippen LogP) is 4.43. The Kier molecular flexibility index (Phi) is 6.72. The van der Waals surface area contributed by atoms with Crippen LogP contribution in [0.1, 0.15) is 28.3 Å². The fourth-order valence-corrected chi connectivity index (χ4v) is 4.59. The second-order valence-corrected chi connectivity index (χ2v) is 8.43. The Balaban J connectivity index is 1.81. The SMILES string of the molecule is COc1ccc(CCn2c(C)cc3c(c2=O)C(c2c(F)cccc2Cl)C(C#N)=C(N)O3)cc1OC. The Bertz CT molecular complexity index is 1420. The first-order valence-electron chi connectivity index (χ1n) is 10.8. The standard InChI is InChI=1S/C26H23ClFN3O4/c1-14-11-21-24(22(16(13-29)25(30)35-21)23-17(27)5-4-6-18(23)28)26(32)31(14)10-9-15-7-8-19(33-2)20(12-15)34-3/h4-8,11-12,22H,9-10,30H2,1-3H3. The smallest absolute Gasteiger partial charge is 0.258 e. The number of aromatic nitrogens is 1. The van der Waals surface area contributed by atoms with Gasteiger partial charge in [-0.05, 0) is 43.2 Å². The molecule has 1 aliphatic rings. The van der Waals surface area contributed by atoms with Crippen LogP contribution in [0.5, 0.6) is 17.2 Å². The van der Waals surface area contributed by atoms with Gasteiger partial charge in [0.05, 0.1) is 25.7 Å².